The Kier molecular flexibility index (Phi) is 9.04. The highest BCUT2D eigenvalue weighted by molar-refractivity contribution is 5.37. The molecule has 5 heterocycles. The molecular formula is C36H45N5O2. The molecule has 0 aliphatic heterocycles. The summed E-state index contributed by atoms with van der Waals surface area (Å²) >= 11 is 0. The predicted molar refractivity (Wildman–Crippen MR) is 172 cm³/mol. The zero-order valence-electron chi connectivity index (χ0n) is 27.1. The molecule has 226 valence electrons. The molecule has 0 fully saturated rings. The highest BCUT2D eigenvalue weighted by Crippen LogP contribution is 2.24. The summed E-state index contributed by atoms with van der Waals surface area (Å²) in [7, 11) is 0. The van der Waals surface area contributed by atoms with Gasteiger partial charge in [-0.25, -0.2) is 9.97 Å². The number of hydrogen-bond acceptors (Lipinski definition) is 4. The van der Waals surface area contributed by atoms with Crippen molar-refractivity contribution in [2.45, 2.75) is 87.7 Å². The smallest absolute Gasteiger partial charge is 0.137 e. The van der Waals surface area contributed by atoms with Crippen LogP contribution < -0.4 is 0 Å². The largest absolute Gasteiger partial charge is 0.373 e. The molecule has 0 aliphatic rings. The van der Waals surface area contributed by atoms with Crippen LogP contribution in [-0.4, -0.2) is 36.4 Å². The summed E-state index contributed by atoms with van der Waals surface area (Å²) in [6.07, 6.45) is -0.114. The monoisotopic (exact) mass is 579 g/mol. The minimum atomic E-state index is -0.114. The van der Waals surface area contributed by atoms with Crippen molar-refractivity contribution in [3.63, 3.8) is 0 Å². The molecular weight excluding hydrogens is 534 g/mol. The van der Waals surface area contributed by atoms with Crippen molar-refractivity contribution in [1.82, 2.24) is 23.7 Å². The van der Waals surface area contributed by atoms with Crippen LogP contribution in [0, 0.1) is 55.4 Å². The van der Waals surface area contributed by atoms with Gasteiger partial charge in [0.2, 0.25) is 0 Å². The van der Waals surface area contributed by atoms with Gasteiger partial charge in [-0.2, -0.15) is 0 Å². The normalized spacial score (nSPS) is 13.0. The Hall–Kier alpha value is -3.94. The summed E-state index contributed by atoms with van der Waals surface area (Å²) in [6, 6.07) is 21.3. The van der Waals surface area contributed by atoms with Crippen molar-refractivity contribution < 1.29 is 9.47 Å². The molecule has 5 rings (SSSR count). The number of pyridine rings is 2. The first-order chi connectivity index (χ1) is 20.5. The summed E-state index contributed by atoms with van der Waals surface area (Å²) in [6.45, 7) is 20.4. The van der Waals surface area contributed by atoms with Crippen LogP contribution in [0.2, 0.25) is 0 Å². The molecule has 0 bridgehead atoms. The first kappa shape index (κ1) is 30.5. The van der Waals surface area contributed by atoms with Crippen LogP contribution in [0.5, 0.6) is 0 Å². The van der Waals surface area contributed by atoms with E-state index in [4.69, 9.17) is 19.4 Å². The third-order valence-electron chi connectivity index (χ3n) is 8.25. The minimum Gasteiger partial charge on any atom is -0.373 e. The van der Waals surface area contributed by atoms with Crippen LogP contribution in [-0.2, 0) is 22.7 Å². The van der Waals surface area contributed by atoms with Gasteiger partial charge in [0.15, 0.2) is 0 Å². The van der Waals surface area contributed by atoms with Crippen molar-refractivity contribution in [3.05, 3.63) is 117 Å². The Labute approximate surface area is 256 Å². The molecule has 0 saturated carbocycles. The first-order valence-corrected chi connectivity index (χ1v) is 15.1. The lowest BCUT2D eigenvalue weighted by atomic mass is 10.1. The highest BCUT2D eigenvalue weighted by atomic mass is 16.5. The van der Waals surface area contributed by atoms with E-state index in [9.17, 15) is 0 Å². The third kappa shape index (κ3) is 6.68. The van der Waals surface area contributed by atoms with Crippen molar-refractivity contribution in [3.8, 4) is 11.6 Å². The molecule has 2 atom stereocenters. The van der Waals surface area contributed by atoms with E-state index in [1.807, 2.05) is 0 Å². The van der Waals surface area contributed by atoms with E-state index < -0.39 is 0 Å². The zero-order chi connectivity index (χ0) is 30.8. The molecule has 5 aromatic heterocycles. The fourth-order valence-corrected chi connectivity index (χ4v) is 6.11. The van der Waals surface area contributed by atoms with Crippen LogP contribution in [0.25, 0.3) is 11.6 Å². The summed E-state index contributed by atoms with van der Waals surface area (Å²) in [5.41, 5.74) is 11.2. The molecule has 7 nitrogen and oxygen atoms in total. The average Bonchev–Trinajstić information content (AvgIpc) is 3.59. The maximum atomic E-state index is 6.54. The van der Waals surface area contributed by atoms with E-state index >= 15 is 0 Å². The number of aryl methyl sites for hydroxylation is 8. The molecule has 0 radical (unpaired) electrons. The zero-order valence-corrected chi connectivity index (χ0v) is 27.1. The van der Waals surface area contributed by atoms with E-state index in [0.717, 1.165) is 34.2 Å². The van der Waals surface area contributed by atoms with Crippen LogP contribution in [0.4, 0.5) is 0 Å². The number of ether oxygens (including phenoxy) is 2. The lowest BCUT2D eigenvalue weighted by Crippen LogP contribution is -2.30. The van der Waals surface area contributed by atoms with E-state index in [-0.39, 0.29) is 12.1 Å². The predicted octanol–water partition coefficient (Wildman–Crippen LogP) is 7.69. The summed E-state index contributed by atoms with van der Waals surface area (Å²) in [4.78, 5) is 9.92. The van der Waals surface area contributed by atoms with Crippen LogP contribution >= 0.6 is 0 Å². The van der Waals surface area contributed by atoms with Gasteiger partial charge in [-0.1, -0.05) is 0 Å². The standard InChI is InChI=1S/C36H45N5O2/c1-23-16-32(37-35(18-23)40-27(5)12-13-28(40)6)20-42-22-34(39-25(3)10-11-26(39)4)31(9)43-21-33-17-24(2)19-36(38-33)41-29(7)14-15-30(41)8/h10-19,31,34H,20-22H2,1-9H3. The highest BCUT2D eigenvalue weighted by Gasteiger charge is 2.23. The Morgan fingerprint density at radius 3 is 1.47 bits per heavy atom. The number of rotatable bonds is 11. The fraction of sp³-hybridized carbons (Fsp3) is 0.389. The summed E-state index contributed by atoms with van der Waals surface area (Å²) in [5, 5.41) is 0. The second kappa shape index (κ2) is 12.7. The molecule has 0 saturated heterocycles. The number of hydrogen-bond donors (Lipinski definition) is 0. The summed E-state index contributed by atoms with van der Waals surface area (Å²) < 4.78 is 19.6. The van der Waals surface area contributed by atoms with Gasteiger partial charge in [0.1, 0.15) is 11.6 Å². The maximum absolute atomic E-state index is 6.54. The Balaban J connectivity index is 1.32. The average molecular weight is 580 g/mol. The van der Waals surface area contributed by atoms with Crippen molar-refractivity contribution in [2.75, 3.05) is 6.61 Å². The SMILES string of the molecule is Cc1cc(COCC(C(C)OCc2cc(C)cc(-n3c(C)ccc3C)n2)n2c(C)ccc2C)nc(-n2c(C)ccc2C)c1. The molecule has 5 aromatic rings. The Bertz CT molecular complexity index is 1670. The lowest BCUT2D eigenvalue weighted by molar-refractivity contribution is -0.0214. The van der Waals surface area contributed by atoms with E-state index in [1.54, 1.807) is 0 Å². The second-order valence-corrected chi connectivity index (χ2v) is 12.0. The molecule has 2 unspecified atom stereocenters. The number of aromatic nitrogens is 5. The first-order valence-electron chi connectivity index (χ1n) is 15.1. The minimum absolute atomic E-state index is 0.00793. The van der Waals surface area contributed by atoms with Gasteiger partial charge in [0.25, 0.3) is 0 Å². The van der Waals surface area contributed by atoms with E-state index in [2.05, 4.69) is 137 Å². The quantitative estimate of drug-likeness (QED) is 0.161. The van der Waals surface area contributed by atoms with Crippen molar-refractivity contribution in [2.24, 2.45) is 0 Å². The third-order valence-corrected chi connectivity index (χ3v) is 8.25. The molecule has 7 heteroatoms. The van der Waals surface area contributed by atoms with Gasteiger partial charge in [0.05, 0.1) is 43.4 Å². The van der Waals surface area contributed by atoms with Gasteiger partial charge >= 0.3 is 0 Å². The van der Waals surface area contributed by atoms with Crippen molar-refractivity contribution >= 4 is 0 Å². The summed E-state index contributed by atoms with van der Waals surface area (Å²) in [5.74, 6) is 1.86. The van der Waals surface area contributed by atoms with E-state index in [1.165, 1.54) is 34.2 Å². The molecule has 0 N–H and O–H groups in total. The fourth-order valence-electron chi connectivity index (χ4n) is 6.11. The second-order valence-electron chi connectivity index (χ2n) is 12.0. The van der Waals surface area contributed by atoms with Gasteiger partial charge < -0.3 is 23.2 Å². The van der Waals surface area contributed by atoms with E-state index in [0.29, 0.717) is 19.8 Å². The molecule has 0 aliphatic carbocycles. The number of nitrogens with zero attached hydrogens (tertiary/aromatic N) is 5. The molecule has 0 aromatic carbocycles. The lowest BCUT2D eigenvalue weighted by Gasteiger charge is -2.28. The van der Waals surface area contributed by atoms with Gasteiger partial charge in [-0.05, 0) is 134 Å². The van der Waals surface area contributed by atoms with Gasteiger partial charge in [-0.3, -0.25) is 0 Å². The van der Waals surface area contributed by atoms with Crippen LogP contribution in [0.1, 0.15) is 69.6 Å². The Morgan fingerprint density at radius 1 is 0.581 bits per heavy atom. The molecule has 43 heavy (non-hydrogen) atoms. The van der Waals surface area contributed by atoms with Gasteiger partial charge in [0, 0.05) is 34.2 Å². The molecule has 0 amide bonds. The topological polar surface area (TPSA) is 59.0 Å². The van der Waals surface area contributed by atoms with Crippen molar-refractivity contribution in [1.29, 1.82) is 0 Å². The maximum Gasteiger partial charge on any atom is 0.137 e. The van der Waals surface area contributed by atoms with Crippen LogP contribution in [0.15, 0.2) is 60.7 Å². The van der Waals surface area contributed by atoms with Crippen LogP contribution in [0.3, 0.4) is 0 Å². The van der Waals surface area contributed by atoms with Gasteiger partial charge in [-0.15, -0.1) is 0 Å². The molecule has 0 spiro atoms. The Morgan fingerprint density at radius 2 is 1.00 bits per heavy atom.